The van der Waals surface area contributed by atoms with Crippen LogP contribution in [0.15, 0.2) is 114 Å². The summed E-state index contributed by atoms with van der Waals surface area (Å²) >= 11 is 9.68. The molecule has 0 aliphatic carbocycles. The summed E-state index contributed by atoms with van der Waals surface area (Å²) in [7, 11) is 0. The standard InChI is InChI=1S/C34H30BrN5O2S/c1-22-20-27(23(2)39(22)30-14-7-6-12-28(30)35)33-32(29-13-8-9-19-36-29)38-34(43)40(33)25-17-15-24(16-18-25)37-31(41)21-42-26-10-4-3-5-11-26/h3-20,32-33H,21H2,1-2H3,(H,37,41)(H,38,43)/t32-,33-/m0/s1. The summed E-state index contributed by atoms with van der Waals surface area (Å²) in [4.78, 5) is 19.4. The summed E-state index contributed by atoms with van der Waals surface area (Å²) < 4.78 is 8.87. The van der Waals surface area contributed by atoms with Crippen LogP contribution in [-0.2, 0) is 4.79 Å². The van der Waals surface area contributed by atoms with Crippen molar-refractivity contribution in [2.45, 2.75) is 25.9 Å². The number of hydrogen-bond acceptors (Lipinski definition) is 4. The van der Waals surface area contributed by atoms with Crippen molar-refractivity contribution in [1.29, 1.82) is 0 Å². The van der Waals surface area contributed by atoms with E-state index in [2.05, 4.69) is 68.1 Å². The van der Waals surface area contributed by atoms with Crippen molar-refractivity contribution in [3.63, 3.8) is 0 Å². The number of hydrogen-bond donors (Lipinski definition) is 2. The van der Waals surface area contributed by atoms with Gasteiger partial charge in [0.05, 0.1) is 23.5 Å². The first-order chi connectivity index (χ1) is 20.9. The zero-order chi connectivity index (χ0) is 29.9. The maximum atomic E-state index is 12.5. The number of carbonyl (C=O) groups is 1. The molecule has 216 valence electrons. The molecular formula is C34H30BrN5O2S. The normalized spacial score (nSPS) is 16.2. The van der Waals surface area contributed by atoms with E-state index in [9.17, 15) is 4.79 Å². The maximum Gasteiger partial charge on any atom is 0.262 e. The van der Waals surface area contributed by atoms with Gasteiger partial charge in [0.15, 0.2) is 11.7 Å². The molecule has 0 spiro atoms. The Bertz CT molecular complexity index is 1760. The number of carbonyl (C=O) groups excluding carboxylic acids is 1. The van der Waals surface area contributed by atoms with Crippen LogP contribution in [0.5, 0.6) is 5.75 Å². The summed E-state index contributed by atoms with van der Waals surface area (Å²) in [5.41, 5.74) is 6.95. The van der Waals surface area contributed by atoms with Crippen LogP contribution in [0.1, 0.15) is 34.7 Å². The predicted molar refractivity (Wildman–Crippen MR) is 178 cm³/mol. The molecule has 0 saturated carbocycles. The Morgan fingerprint density at radius 1 is 0.977 bits per heavy atom. The molecular weight excluding hydrogens is 622 g/mol. The van der Waals surface area contributed by atoms with E-state index < -0.39 is 0 Å². The number of ether oxygens (including phenoxy) is 1. The van der Waals surface area contributed by atoms with Gasteiger partial charge in [0.1, 0.15) is 5.75 Å². The quantitative estimate of drug-likeness (QED) is 0.170. The van der Waals surface area contributed by atoms with Gasteiger partial charge >= 0.3 is 0 Å². The predicted octanol–water partition coefficient (Wildman–Crippen LogP) is 7.45. The Labute approximate surface area is 264 Å². The number of amides is 1. The van der Waals surface area contributed by atoms with E-state index in [1.165, 1.54) is 0 Å². The van der Waals surface area contributed by atoms with Crippen molar-refractivity contribution in [1.82, 2.24) is 14.9 Å². The van der Waals surface area contributed by atoms with E-state index in [-0.39, 0.29) is 24.6 Å². The van der Waals surface area contributed by atoms with Gasteiger partial charge in [0.25, 0.3) is 5.91 Å². The van der Waals surface area contributed by atoms with Crippen LogP contribution in [0.25, 0.3) is 5.69 Å². The molecule has 2 atom stereocenters. The molecule has 0 radical (unpaired) electrons. The summed E-state index contributed by atoms with van der Waals surface area (Å²) in [5, 5.41) is 7.07. The number of aryl methyl sites for hydroxylation is 1. The first kappa shape index (κ1) is 28.6. The van der Waals surface area contributed by atoms with Gasteiger partial charge in [-0.3, -0.25) is 9.78 Å². The van der Waals surface area contributed by atoms with Gasteiger partial charge in [0.2, 0.25) is 0 Å². The first-order valence-electron chi connectivity index (χ1n) is 13.9. The van der Waals surface area contributed by atoms with E-state index in [1.54, 1.807) is 0 Å². The topological polar surface area (TPSA) is 71.4 Å². The molecule has 1 fully saturated rings. The summed E-state index contributed by atoms with van der Waals surface area (Å²) in [6, 6.07) is 33.1. The number of thiocarbonyl (C=S) groups is 1. The van der Waals surface area contributed by atoms with Crippen molar-refractivity contribution in [2.24, 2.45) is 0 Å². The second kappa shape index (κ2) is 12.4. The molecule has 9 heteroatoms. The third-order valence-electron chi connectivity index (χ3n) is 7.52. The molecule has 2 N–H and O–H groups in total. The second-order valence-electron chi connectivity index (χ2n) is 10.3. The van der Waals surface area contributed by atoms with Gasteiger partial charge < -0.3 is 24.8 Å². The van der Waals surface area contributed by atoms with E-state index in [0.29, 0.717) is 16.5 Å². The smallest absolute Gasteiger partial charge is 0.262 e. The minimum atomic E-state index is -0.234. The van der Waals surface area contributed by atoms with E-state index in [0.717, 1.165) is 38.5 Å². The molecule has 43 heavy (non-hydrogen) atoms. The lowest BCUT2D eigenvalue weighted by atomic mass is 9.96. The zero-order valence-electron chi connectivity index (χ0n) is 23.7. The summed E-state index contributed by atoms with van der Waals surface area (Å²) in [6.07, 6.45) is 1.81. The molecule has 7 nitrogen and oxygen atoms in total. The monoisotopic (exact) mass is 651 g/mol. The highest BCUT2D eigenvalue weighted by Crippen LogP contribution is 2.44. The third kappa shape index (κ3) is 5.91. The van der Waals surface area contributed by atoms with Crippen LogP contribution >= 0.6 is 28.1 Å². The Morgan fingerprint density at radius 2 is 1.70 bits per heavy atom. The van der Waals surface area contributed by atoms with Crippen LogP contribution in [0, 0.1) is 13.8 Å². The molecule has 1 aliphatic rings. The Balaban J connectivity index is 1.31. The van der Waals surface area contributed by atoms with Crippen LogP contribution in [0.2, 0.25) is 0 Å². The first-order valence-corrected chi connectivity index (χ1v) is 15.1. The van der Waals surface area contributed by atoms with Crippen LogP contribution in [-0.4, -0.2) is 27.2 Å². The fourth-order valence-electron chi connectivity index (χ4n) is 5.61. The molecule has 1 amide bonds. The Hall–Kier alpha value is -4.47. The molecule has 1 aliphatic heterocycles. The largest absolute Gasteiger partial charge is 0.484 e. The van der Waals surface area contributed by atoms with E-state index >= 15 is 0 Å². The van der Waals surface area contributed by atoms with Gasteiger partial charge in [0, 0.05) is 33.4 Å². The molecule has 5 aromatic rings. The molecule has 6 rings (SSSR count). The molecule has 0 bridgehead atoms. The summed E-state index contributed by atoms with van der Waals surface area (Å²) in [6.45, 7) is 4.19. The number of rotatable bonds is 8. The highest BCUT2D eigenvalue weighted by Gasteiger charge is 2.42. The minimum Gasteiger partial charge on any atom is -0.484 e. The molecule has 1 saturated heterocycles. The number of nitrogens with one attached hydrogen (secondary N) is 2. The van der Waals surface area contributed by atoms with Crippen LogP contribution in [0.3, 0.4) is 0 Å². The van der Waals surface area contributed by atoms with Crippen LogP contribution in [0.4, 0.5) is 11.4 Å². The van der Waals surface area contributed by atoms with Gasteiger partial charge in [-0.05, 0) is 114 Å². The van der Waals surface area contributed by atoms with E-state index in [1.807, 2.05) is 91.1 Å². The third-order valence-corrected chi connectivity index (χ3v) is 8.51. The lowest BCUT2D eigenvalue weighted by molar-refractivity contribution is -0.118. The number of anilines is 2. The molecule has 3 aromatic carbocycles. The highest BCUT2D eigenvalue weighted by atomic mass is 79.9. The number of pyridine rings is 1. The van der Waals surface area contributed by atoms with Gasteiger partial charge in [-0.1, -0.05) is 36.4 Å². The summed E-state index contributed by atoms with van der Waals surface area (Å²) in [5.74, 6) is 0.415. The zero-order valence-corrected chi connectivity index (χ0v) is 26.1. The van der Waals surface area contributed by atoms with Crippen molar-refractivity contribution in [3.05, 3.63) is 136 Å². The molecule has 0 unspecified atom stereocenters. The Kier molecular flexibility index (Phi) is 8.26. The molecule has 2 aromatic heterocycles. The fraction of sp³-hybridized carbons (Fsp3) is 0.147. The maximum absolute atomic E-state index is 12.5. The Morgan fingerprint density at radius 3 is 2.42 bits per heavy atom. The number of para-hydroxylation sites is 2. The molecule has 3 heterocycles. The lowest BCUT2D eigenvalue weighted by Crippen LogP contribution is -2.29. The SMILES string of the molecule is Cc1cc([C@H]2[C@H](c3ccccn3)NC(=S)N2c2ccc(NC(=O)COc3ccccc3)cc2)c(C)n1-c1ccccc1Br. The van der Waals surface area contributed by atoms with Gasteiger partial charge in [-0.2, -0.15) is 0 Å². The number of benzene rings is 3. The number of nitrogens with zero attached hydrogens (tertiary/aromatic N) is 3. The van der Waals surface area contributed by atoms with Gasteiger partial charge in [-0.15, -0.1) is 0 Å². The lowest BCUT2D eigenvalue weighted by Gasteiger charge is -2.28. The average molecular weight is 653 g/mol. The number of halogens is 1. The van der Waals surface area contributed by atoms with Crippen LogP contribution < -0.4 is 20.3 Å². The van der Waals surface area contributed by atoms with E-state index in [4.69, 9.17) is 21.9 Å². The average Bonchev–Trinajstić information content (AvgIpc) is 3.52. The second-order valence-corrected chi connectivity index (χ2v) is 11.5. The van der Waals surface area contributed by atoms with Crippen molar-refractivity contribution in [3.8, 4) is 11.4 Å². The van der Waals surface area contributed by atoms with Crippen molar-refractivity contribution in [2.75, 3.05) is 16.8 Å². The number of aromatic nitrogens is 2. The van der Waals surface area contributed by atoms with Gasteiger partial charge in [-0.25, -0.2) is 0 Å². The van der Waals surface area contributed by atoms with Crippen molar-refractivity contribution >= 4 is 50.5 Å². The fourth-order valence-corrected chi connectivity index (χ4v) is 6.42. The van der Waals surface area contributed by atoms with Crippen molar-refractivity contribution < 1.29 is 9.53 Å². The minimum absolute atomic E-state index is 0.0765. The highest BCUT2D eigenvalue weighted by molar-refractivity contribution is 9.10.